The van der Waals surface area contributed by atoms with Crippen molar-refractivity contribution in [3.63, 3.8) is 0 Å². The number of ketones is 1. The van der Waals surface area contributed by atoms with Crippen LogP contribution in [-0.2, 0) is 0 Å². The van der Waals surface area contributed by atoms with Gasteiger partial charge in [-0.05, 0) is 24.5 Å². The Kier molecular flexibility index (Phi) is 4.08. The number of pyridine rings is 1. The molecule has 0 spiro atoms. The van der Waals surface area contributed by atoms with E-state index in [2.05, 4.69) is 18.8 Å². The van der Waals surface area contributed by atoms with Crippen LogP contribution in [0.3, 0.4) is 0 Å². The number of benzene rings is 1. The highest BCUT2D eigenvalue weighted by Gasteiger charge is 2.10. The van der Waals surface area contributed by atoms with Crippen molar-refractivity contribution in [1.82, 2.24) is 4.98 Å². The minimum absolute atomic E-state index is 0.231. The zero-order chi connectivity index (χ0) is 13.0. The van der Waals surface area contributed by atoms with Crippen LogP contribution in [0.15, 0.2) is 36.5 Å². The van der Waals surface area contributed by atoms with Gasteiger partial charge < -0.3 is 0 Å². The average Bonchev–Trinajstić information content (AvgIpc) is 2.37. The molecule has 0 saturated carbocycles. The van der Waals surface area contributed by atoms with Gasteiger partial charge in [-0.2, -0.15) is 0 Å². The monoisotopic (exact) mass is 241 g/mol. The fourth-order valence-corrected chi connectivity index (χ4v) is 2.14. The van der Waals surface area contributed by atoms with E-state index in [1.54, 1.807) is 6.20 Å². The Bertz CT molecular complexity index is 540. The molecule has 0 unspecified atom stereocenters. The summed E-state index contributed by atoms with van der Waals surface area (Å²) in [7, 11) is 0. The Balaban J connectivity index is 2.17. The summed E-state index contributed by atoms with van der Waals surface area (Å²) in [5, 5.41) is 0.967. The Morgan fingerprint density at radius 1 is 1.22 bits per heavy atom. The van der Waals surface area contributed by atoms with E-state index < -0.39 is 0 Å². The molecular weight excluding hydrogens is 222 g/mol. The molecule has 0 atom stereocenters. The lowest BCUT2D eigenvalue weighted by Crippen LogP contribution is -2.01. The van der Waals surface area contributed by atoms with Crippen LogP contribution in [-0.4, -0.2) is 10.8 Å². The lowest BCUT2D eigenvalue weighted by atomic mass is 9.99. The van der Waals surface area contributed by atoms with E-state index >= 15 is 0 Å². The third-order valence-corrected chi connectivity index (χ3v) is 3.13. The predicted molar refractivity (Wildman–Crippen MR) is 74.8 cm³/mol. The summed E-state index contributed by atoms with van der Waals surface area (Å²) >= 11 is 0. The van der Waals surface area contributed by atoms with Crippen molar-refractivity contribution >= 4 is 16.7 Å². The zero-order valence-electron chi connectivity index (χ0n) is 11.0. The topological polar surface area (TPSA) is 30.0 Å². The molecule has 2 heteroatoms. The van der Waals surface area contributed by atoms with Crippen molar-refractivity contribution in [2.45, 2.75) is 33.1 Å². The summed E-state index contributed by atoms with van der Waals surface area (Å²) in [4.78, 5) is 16.5. The summed E-state index contributed by atoms with van der Waals surface area (Å²) in [5.74, 6) is 0.890. The van der Waals surface area contributed by atoms with Crippen molar-refractivity contribution in [3.05, 3.63) is 42.1 Å². The van der Waals surface area contributed by atoms with Gasteiger partial charge in [-0.3, -0.25) is 9.78 Å². The molecule has 2 aromatic rings. The van der Waals surface area contributed by atoms with Gasteiger partial charge in [-0.1, -0.05) is 38.5 Å². The van der Waals surface area contributed by atoms with Crippen LogP contribution in [0.5, 0.6) is 0 Å². The molecule has 0 bridgehead atoms. The number of hydrogen-bond donors (Lipinski definition) is 0. The molecule has 94 valence electrons. The average molecular weight is 241 g/mol. The van der Waals surface area contributed by atoms with Gasteiger partial charge in [0.15, 0.2) is 5.78 Å². The van der Waals surface area contributed by atoms with Gasteiger partial charge in [-0.15, -0.1) is 0 Å². The lowest BCUT2D eigenvalue weighted by molar-refractivity contribution is 0.0980. The number of aromatic nitrogens is 1. The minimum Gasteiger partial charge on any atom is -0.294 e. The number of Topliss-reactive ketones (excluding diaryl/α,β-unsaturated/α-hetero) is 1. The van der Waals surface area contributed by atoms with Crippen LogP contribution in [0.25, 0.3) is 10.9 Å². The SMILES string of the molecule is CC(C)CCCC(=O)c1ccnc2ccccc12. The van der Waals surface area contributed by atoms with Crippen molar-refractivity contribution < 1.29 is 4.79 Å². The molecule has 2 rings (SSSR count). The number of carbonyl (C=O) groups excluding carboxylic acids is 1. The first kappa shape index (κ1) is 12.7. The summed E-state index contributed by atoms with van der Waals surface area (Å²) in [6, 6.07) is 9.65. The van der Waals surface area contributed by atoms with E-state index in [0.29, 0.717) is 12.3 Å². The molecular formula is C16H19NO. The molecule has 1 aromatic heterocycles. The second kappa shape index (κ2) is 5.76. The van der Waals surface area contributed by atoms with Crippen LogP contribution in [0.2, 0.25) is 0 Å². The number of para-hydroxylation sites is 1. The van der Waals surface area contributed by atoms with E-state index in [-0.39, 0.29) is 5.78 Å². The molecule has 2 nitrogen and oxygen atoms in total. The number of hydrogen-bond acceptors (Lipinski definition) is 2. The highest BCUT2D eigenvalue weighted by Crippen LogP contribution is 2.19. The molecule has 0 saturated heterocycles. The standard InChI is InChI=1S/C16H19NO/c1-12(2)6-5-9-16(18)14-10-11-17-15-8-4-3-7-13(14)15/h3-4,7-8,10-12H,5-6,9H2,1-2H3. The number of nitrogens with zero attached hydrogens (tertiary/aromatic N) is 1. The molecule has 0 radical (unpaired) electrons. The Morgan fingerprint density at radius 2 is 2.00 bits per heavy atom. The van der Waals surface area contributed by atoms with Crippen molar-refractivity contribution in [1.29, 1.82) is 0 Å². The third kappa shape index (κ3) is 2.95. The van der Waals surface area contributed by atoms with E-state index in [1.165, 1.54) is 0 Å². The van der Waals surface area contributed by atoms with Crippen molar-refractivity contribution in [2.75, 3.05) is 0 Å². The fourth-order valence-electron chi connectivity index (χ4n) is 2.14. The summed E-state index contributed by atoms with van der Waals surface area (Å²) in [6.45, 7) is 4.37. The Morgan fingerprint density at radius 3 is 2.78 bits per heavy atom. The maximum atomic E-state index is 12.2. The maximum Gasteiger partial charge on any atom is 0.163 e. The van der Waals surface area contributed by atoms with Gasteiger partial charge in [0.1, 0.15) is 0 Å². The van der Waals surface area contributed by atoms with Gasteiger partial charge in [0, 0.05) is 23.6 Å². The summed E-state index contributed by atoms with van der Waals surface area (Å²) < 4.78 is 0. The molecule has 0 N–H and O–H groups in total. The second-order valence-electron chi connectivity index (χ2n) is 5.08. The van der Waals surface area contributed by atoms with Crippen LogP contribution >= 0.6 is 0 Å². The van der Waals surface area contributed by atoms with Crippen molar-refractivity contribution in [2.24, 2.45) is 5.92 Å². The number of carbonyl (C=O) groups is 1. The lowest BCUT2D eigenvalue weighted by Gasteiger charge is -2.06. The first-order valence-corrected chi connectivity index (χ1v) is 6.55. The molecule has 0 aliphatic heterocycles. The van der Waals surface area contributed by atoms with Crippen LogP contribution in [0.4, 0.5) is 0 Å². The fraction of sp³-hybridized carbons (Fsp3) is 0.375. The molecule has 0 fully saturated rings. The van der Waals surface area contributed by atoms with Gasteiger partial charge in [0.25, 0.3) is 0 Å². The van der Waals surface area contributed by atoms with Crippen LogP contribution in [0.1, 0.15) is 43.5 Å². The van der Waals surface area contributed by atoms with Crippen molar-refractivity contribution in [3.8, 4) is 0 Å². The largest absolute Gasteiger partial charge is 0.294 e. The zero-order valence-corrected chi connectivity index (χ0v) is 11.0. The normalized spacial score (nSPS) is 11.1. The van der Waals surface area contributed by atoms with Gasteiger partial charge >= 0.3 is 0 Å². The highest BCUT2D eigenvalue weighted by molar-refractivity contribution is 6.07. The number of rotatable bonds is 5. The van der Waals surface area contributed by atoms with Crippen LogP contribution in [0, 0.1) is 5.92 Å². The van der Waals surface area contributed by atoms with Gasteiger partial charge in [-0.25, -0.2) is 0 Å². The summed E-state index contributed by atoms with van der Waals surface area (Å²) in [6.07, 6.45) is 4.42. The first-order valence-electron chi connectivity index (χ1n) is 6.55. The second-order valence-corrected chi connectivity index (χ2v) is 5.08. The van der Waals surface area contributed by atoms with Crippen LogP contribution < -0.4 is 0 Å². The molecule has 0 aliphatic carbocycles. The Labute approximate surface area is 108 Å². The van der Waals surface area contributed by atoms with E-state index in [0.717, 1.165) is 29.3 Å². The van der Waals surface area contributed by atoms with E-state index in [1.807, 2.05) is 30.3 Å². The predicted octanol–water partition coefficient (Wildman–Crippen LogP) is 4.24. The smallest absolute Gasteiger partial charge is 0.163 e. The maximum absolute atomic E-state index is 12.2. The van der Waals surface area contributed by atoms with Gasteiger partial charge in [0.05, 0.1) is 5.52 Å². The molecule has 0 amide bonds. The summed E-state index contributed by atoms with van der Waals surface area (Å²) in [5.41, 5.74) is 1.71. The molecule has 1 heterocycles. The minimum atomic E-state index is 0.231. The third-order valence-electron chi connectivity index (χ3n) is 3.13. The first-order chi connectivity index (χ1) is 8.68. The van der Waals surface area contributed by atoms with E-state index in [9.17, 15) is 4.79 Å². The number of fused-ring (bicyclic) bond motifs is 1. The quantitative estimate of drug-likeness (QED) is 0.733. The Hall–Kier alpha value is -1.70. The molecule has 18 heavy (non-hydrogen) atoms. The van der Waals surface area contributed by atoms with E-state index in [4.69, 9.17) is 0 Å². The molecule has 1 aromatic carbocycles. The van der Waals surface area contributed by atoms with Gasteiger partial charge in [0.2, 0.25) is 0 Å². The highest BCUT2D eigenvalue weighted by atomic mass is 16.1. The molecule has 0 aliphatic rings.